The van der Waals surface area contributed by atoms with Gasteiger partial charge in [0.1, 0.15) is 17.2 Å². The number of hydrogen-bond acceptors (Lipinski definition) is 6. The number of aryl methyl sites for hydroxylation is 1. The van der Waals surface area contributed by atoms with Crippen molar-refractivity contribution in [2.45, 2.75) is 63.7 Å². The lowest BCUT2D eigenvalue weighted by Crippen LogP contribution is -2.23. The minimum Gasteiger partial charge on any atom is -0.465 e. The Kier molecular flexibility index (Phi) is 6.48. The van der Waals surface area contributed by atoms with Gasteiger partial charge in [0.15, 0.2) is 5.76 Å². The molecular weight excluding hydrogens is 474 g/mol. The highest BCUT2D eigenvalue weighted by Gasteiger charge is 2.52. The van der Waals surface area contributed by atoms with Gasteiger partial charge in [-0.1, -0.05) is 72.6 Å². The minimum atomic E-state index is -0.447. The smallest absolute Gasteiger partial charge is 0.316 e. The summed E-state index contributed by atoms with van der Waals surface area (Å²) in [4.78, 5) is 17.3. The molecule has 0 amide bonds. The number of nitrogens with one attached hydrogen (secondary N) is 1. The van der Waals surface area contributed by atoms with Crippen LogP contribution in [0, 0.1) is 6.92 Å². The van der Waals surface area contributed by atoms with Crippen LogP contribution in [0.5, 0.6) is 0 Å². The summed E-state index contributed by atoms with van der Waals surface area (Å²) in [6.45, 7) is 4.21. The fraction of sp³-hybridized carbons (Fsp3) is 0.344. The number of aromatic nitrogens is 2. The Balaban J connectivity index is 1.20. The van der Waals surface area contributed by atoms with Crippen molar-refractivity contribution in [1.29, 1.82) is 0 Å². The lowest BCUT2D eigenvalue weighted by atomic mass is 9.93. The van der Waals surface area contributed by atoms with Crippen LogP contribution in [-0.4, -0.2) is 22.7 Å². The normalized spacial score (nSPS) is 16.4. The Morgan fingerprint density at radius 3 is 2.29 bits per heavy atom. The number of esters is 1. The summed E-state index contributed by atoms with van der Waals surface area (Å²) in [5, 5.41) is 7.70. The van der Waals surface area contributed by atoms with Gasteiger partial charge in [0.05, 0.1) is 12.0 Å². The minimum absolute atomic E-state index is 0.107. The van der Waals surface area contributed by atoms with Crippen molar-refractivity contribution in [3.05, 3.63) is 83.7 Å². The topological polar surface area (TPSA) is 77.2 Å². The average Bonchev–Trinajstić information content (AvgIpc) is 3.42. The van der Waals surface area contributed by atoms with Crippen LogP contribution in [-0.2, 0) is 14.9 Å². The number of ether oxygens (including phenoxy) is 1. The monoisotopic (exact) mass is 507 g/mol. The SMILES string of the molecule is CCOC(=O)C1(c2ccc(-c3ccc(-c4onc(C)c4Nc4cccc(C5CCCC5)n4)cc3)cc2)CC1. The second-order valence-corrected chi connectivity index (χ2v) is 10.5. The third-order valence-electron chi connectivity index (χ3n) is 7.99. The van der Waals surface area contributed by atoms with Crippen LogP contribution in [0.3, 0.4) is 0 Å². The van der Waals surface area contributed by atoms with Crippen LogP contribution in [0.15, 0.2) is 71.3 Å². The maximum Gasteiger partial charge on any atom is 0.316 e. The van der Waals surface area contributed by atoms with E-state index >= 15 is 0 Å². The first kappa shape index (κ1) is 24.4. The summed E-state index contributed by atoms with van der Waals surface area (Å²) in [6.07, 6.45) is 6.71. The molecule has 0 spiro atoms. The molecule has 0 aliphatic heterocycles. The van der Waals surface area contributed by atoms with Crippen molar-refractivity contribution in [2.75, 3.05) is 11.9 Å². The van der Waals surface area contributed by atoms with E-state index in [2.05, 4.69) is 71.1 Å². The van der Waals surface area contributed by atoms with Crippen LogP contribution < -0.4 is 5.32 Å². The van der Waals surface area contributed by atoms with Crippen LogP contribution in [0.25, 0.3) is 22.5 Å². The van der Waals surface area contributed by atoms with E-state index < -0.39 is 5.41 Å². The standard InChI is InChI=1S/C32H33N3O3/c1-3-37-31(36)32(19-20-32)26-17-15-23(16-18-26)22-11-13-25(14-12-22)30-29(21(2)35-38-30)34-28-10-6-9-27(33-28)24-7-4-5-8-24/h6,9-18,24H,3-5,7-8,19-20H2,1-2H3,(H,33,34). The predicted molar refractivity (Wildman–Crippen MR) is 148 cm³/mol. The van der Waals surface area contributed by atoms with Crippen molar-refractivity contribution in [3.63, 3.8) is 0 Å². The van der Waals surface area contributed by atoms with Gasteiger partial charge in [0, 0.05) is 17.2 Å². The molecule has 0 radical (unpaired) electrons. The zero-order valence-corrected chi connectivity index (χ0v) is 22.0. The predicted octanol–water partition coefficient (Wildman–Crippen LogP) is 7.71. The Morgan fingerprint density at radius 1 is 0.974 bits per heavy atom. The van der Waals surface area contributed by atoms with Crippen LogP contribution in [0.4, 0.5) is 11.5 Å². The van der Waals surface area contributed by atoms with E-state index in [0.717, 1.165) is 58.0 Å². The van der Waals surface area contributed by atoms with E-state index in [4.69, 9.17) is 14.2 Å². The molecule has 4 aromatic rings. The van der Waals surface area contributed by atoms with Crippen molar-refractivity contribution < 1.29 is 14.1 Å². The molecule has 194 valence electrons. The summed E-state index contributed by atoms with van der Waals surface area (Å²) in [7, 11) is 0. The van der Waals surface area contributed by atoms with E-state index in [-0.39, 0.29) is 5.97 Å². The lowest BCUT2D eigenvalue weighted by molar-refractivity contribution is -0.146. The zero-order chi connectivity index (χ0) is 26.1. The van der Waals surface area contributed by atoms with Gasteiger partial charge in [-0.15, -0.1) is 0 Å². The van der Waals surface area contributed by atoms with E-state index in [1.165, 1.54) is 25.7 Å². The Hall–Kier alpha value is -3.93. The van der Waals surface area contributed by atoms with Gasteiger partial charge in [-0.2, -0.15) is 0 Å². The van der Waals surface area contributed by atoms with Gasteiger partial charge < -0.3 is 14.6 Å². The summed E-state index contributed by atoms with van der Waals surface area (Å²) in [6, 6.07) is 22.8. The third kappa shape index (κ3) is 4.60. The number of carbonyl (C=O) groups excluding carboxylic acids is 1. The summed E-state index contributed by atoms with van der Waals surface area (Å²) >= 11 is 0. The average molecular weight is 508 g/mol. The molecule has 6 nitrogen and oxygen atoms in total. The Morgan fingerprint density at radius 2 is 1.63 bits per heavy atom. The number of hydrogen-bond donors (Lipinski definition) is 1. The van der Waals surface area contributed by atoms with Gasteiger partial charge in [-0.05, 0) is 68.4 Å². The first-order valence-corrected chi connectivity index (χ1v) is 13.7. The molecule has 2 saturated carbocycles. The molecule has 6 rings (SSSR count). The van der Waals surface area contributed by atoms with Crippen LogP contribution in [0.1, 0.15) is 68.3 Å². The Labute approximate surface area is 223 Å². The second kappa shape index (κ2) is 10.1. The zero-order valence-electron chi connectivity index (χ0n) is 22.0. The largest absolute Gasteiger partial charge is 0.465 e. The molecule has 0 unspecified atom stereocenters. The molecule has 2 aromatic carbocycles. The van der Waals surface area contributed by atoms with Gasteiger partial charge in [-0.25, -0.2) is 4.98 Å². The van der Waals surface area contributed by atoms with Crippen LogP contribution >= 0.6 is 0 Å². The van der Waals surface area contributed by atoms with E-state index in [1.807, 2.05) is 19.9 Å². The highest BCUT2D eigenvalue weighted by Crippen LogP contribution is 2.49. The number of pyridine rings is 1. The molecule has 2 aliphatic carbocycles. The molecule has 1 N–H and O–H groups in total. The molecule has 2 heterocycles. The molecule has 6 heteroatoms. The summed E-state index contributed by atoms with van der Waals surface area (Å²) < 4.78 is 11.1. The van der Waals surface area contributed by atoms with E-state index in [9.17, 15) is 4.79 Å². The number of anilines is 2. The van der Waals surface area contributed by atoms with Gasteiger partial charge in [-0.3, -0.25) is 4.79 Å². The quantitative estimate of drug-likeness (QED) is 0.246. The van der Waals surface area contributed by atoms with Crippen molar-refractivity contribution in [2.24, 2.45) is 0 Å². The molecule has 2 fully saturated rings. The molecule has 2 aliphatic rings. The molecule has 0 atom stereocenters. The molecule has 2 aromatic heterocycles. The third-order valence-corrected chi connectivity index (χ3v) is 7.99. The lowest BCUT2D eigenvalue weighted by Gasteiger charge is -2.14. The summed E-state index contributed by atoms with van der Waals surface area (Å²) in [5.41, 5.74) is 6.52. The van der Waals surface area contributed by atoms with Gasteiger partial charge >= 0.3 is 5.97 Å². The van der Waals surface area contributed by atoms with Crippen molar-refractivity contribution in [3.8, 4) is 22.5 Å². The highest BCUT2D eigenvalue weighted by atomic mass is 16.5. The molecular formula is C32H33N3O3. The maximum absolute atomic E-state index is 12.4. The number of carbonyl (C=O) groups is 1. The molecule has 0 bridgehead atoms. The molecule has 0 saturated heterocycles. The van der Waals surface area contributed by atoms with E-state index in [1.54, 1.807) is 0 Å². The van der Waals surface area contributed by atoms with Crippen molar-refractivity contribution >= 4 is 17.5 Å². The fourth-order valence-electron chi connectivity index (χ4n) is 5.61. The van der Waals surface area contributed by atoms with Gasteiger partial charge in [0.2, 0.25) is 0 Å². The van der Waals surface area contributed by atoms with Gasteiger partial charge in [0.25, 0.3) is 0 Å². The number of nitrogens with zero attached hydrogens (tertiary/aromatic N) is 2. The molecule has 38 heavy (non-hydrogen) atoms. The number of benzene rings is 2. The first-order chi connectivity index (χ1) is 18.6. The fourth-order valence-corrected chi connectivity index (χ4v) is 5.61. The Bertz CT molecular complexity index is 1430. The van der Waals surface area contributed by atoms with Crippen molar-refractivity contribution in [1.82, 2.24) is 10.1 Å². The van der Waals surface area contributed by atoms with E-state index in [0.29, 0.717) is 18.3 Å². The summed E-state index contributed by atoms with van der Waals surface area (Å²) in [5.74, 6) is 1.96. The highest BCUT2D eigenvalue weighted by molar-refractivity contribution is 5.87. The van der Waals surface area contributed by atoms with Crippen LogP contribution in [0.2, 0.25) is 0 Å². The maximum atomic E-state index is 12.4. The first-order valence-electron chi connectivity index (χ1n) is 13.7. The number of rotatable bonds is 8. The second-order valence-electron chi connectivity index (χ2n) is 10.5.